The predicted molar refractivity (Wildman–Crippen MR) is 81.5 cm³/mol. The first-order valence-electron chi connectivity index (χ1n) is 7.62. The quantitative estimate of drug-likeness (QED) is 0.830. The van der Waals surface area contributed by atoms with E-state index in [9.17, 15) is 0 Å². The van der Waals surface area contributed by atoms with Gasteiger partial charge in [-0.15, -0.1) is 0 Å². The first-order valence-corrected chi connectivity index (χ1v) is 7.62. The van der Waals surface area contributed by atoms with E-state index in [1.807, 2.05) is 0 Å². The van der Waals surface area contributed by atoms with Crippen LogP contribution in [0.3, 0.4) is 0 Å². The fourth-order valence-corrected chi connectivity index (χ4v) is 4.10. The van der Waals surface area contributed by atoms with Gasteiger partial charge in [-0.1, -0.05) is 39.0 Å². The normalized spacial score (nSPS) is 29.9. The Morgan fingerprint density at radius 1 is 1.21 bits per heavy atom. The summed E-state index contributed by atoms with van der Waals surface area (Å²) >= 11 is 0. The van der Waals surface area contributed by atoms with Crippen molar-refractivity contribution < 1.29 is 0 Å². The number of benzene rings is 1. The minimum atomic E-state index is 0.499. The van der Waals surface area contributed by atoms with Crippen LogP contribution >= 0.6 is 0 Å². The zero-order valence-electron chi connectivity index (χ0n) is 12.4. The monoisotopic (exact) mass is 258 g/mol. The van der Waals surface area contributed by atoms with Crippen LogP contribution in [0.1, 0.15) is 39.2 Å². The van der Waals surface area contributed by atoms with Crippen LogP contribution in [0.2, 0.25) is 0 Å². The number of nitrogens with zero attached hydrogens (tertiary/aromatic N) is 1. The van der Waals surface area contributed by atoms with Crippen LogP contribution in [0.4, 0.5) is 5.69 Å². The zero-order chi connectivity index (χ0) is 13.5. The summed E-state index contributed by atoms with van der Waals surface area (Å²) in [6, 6.07) is 9.62. The zero-order valence-corrected chi connectivity index (χ0v) is 12.4. The number of hydrogen-bond acceptors (Lipinski definition) is 2. The van der Waals surface area contributed by atoms with Gasteiger partial charge in [0.15, 0.2) is 0 Å². The summed E-state index contributed by atoms with van der Waals surface area (Å²) in [7, 11) is 0. The topological polar surface area (TPSA) is 15.3 Å². The molecule has 2 heteroatoms. The number of fused-ring (bicyclic) bond motifs is 1. The first-order chi connectivity index (χ1) is 9.07. The van der Waals surface area contributed by atoms with E-state index in [2.05, 4.69) is 55.3 Å². The lowest BCUT2D eigenvalue weighted by Gasteiger charge is -2.34. The molecule has 1 aromatic carbocycles. The molecule has 1 saturated carbocycles. The standard InChI is InChI=1S/C17H26N2/c1-13-10-17(2,3)11-16(13)19-9-8-18-12-14-6-4-5-7-15(14)19/h4-7,13,16,18H,8-12H2,1-3H3. The van der Waals surface area contributed by atoms with E-state index in [0.717, 1.165) is 25.6 Å². The van der Waals surface area contributed by atoms with Gasteiger partial charge >= 0.3 is 0 Å². The minimum absolute atomic E-state index is 0.499. The minimum Gasteiger partial charge on any atom is -0.367 e. The molecule has 2 nitrogen and oxygen atoms in total. The van der Waals surface area contributed by atoms with Crippen molar-refractivity contribution in [1.29, 1.82) is 0 Å². The van der Waals surface area contributed by atoms with Gasteiger partial charge in [0.25, 0.3) is 0 Å². The number of anilines is 1. The van der Waals surface area contributed by atoms with E-state index < -0.39 is 0 Å². The Balaban J connectivity index is 1.92. The van der Waals surface area contributed by atoms with Crippen molar-refractivity contribution in [3.8, 4) is 0 Å². The second-order valence-electron chi connectivity index (χ2n) is 7.12. The molecule has 1 aromatic rings. The predicted octanol–water partition coefficient (Wildman–Crippen LogP) is 3.42. The van der Waals surface area contributed by atoms with Crippen molar-refractivity contribution in [2.75, 3.05) is 18.0 Å². The van der Waals surface area contributed by atoms with Crippen molar-refractivity contribution in [2.45, 2.75) is 46.2 Å². The van der Waals surface area contributed by atoms with E-state index >= 15 is 0 Å². The molecule has 0 amide bonds. The summed E-state index contributed by atoms with van der Waals surface area (Å²) in [6.07, 6.45) is 2.67. The smallest absolute Gasteiger partial charge is 0.0414 e. The SMILES string of the molecule is CC1CC(C)(C)CC1N1CCNCc2ccccc21. The van der Waals surface area contributed by atoms with E-state index in [1.54, 1.807) is 0 Å². The van der Waals surface area contributed by atoms with Gasteiger partial charge in [-0.3, -0.25) is 0 Å². The van der Waals surface area contributed by atoms with Gasteiger partial charge in [0.1, 0.15) is 0 Å². The van der Waals surface area contributed by atoms with E-state index in [-0.39, 0.29) is 0 Å². The van der Waals surface area contributed by atoms with E-state index in [1.165, 1.54) is 24.1 Å². The van der Waals surface area contributed by atoms with Crippen molar-refractivity contribution in [1.82, 2.24) is 5.32 Å². The summed E-state index contributed by atoms with van der Waals surface area (Å²) < 4.78 is 0. The molecule has 0 spiro atoms. The molecule has 19 heavy (non-hydrogen) atoms. The van der Waals surface area contributed by atoms with Gasteiger partial charge in [-0.25, -0.2) is 0 Å². The van der Waals surface area contributed by atoms with Crippen LogP contribution in [0, 0.1) is 11.3 Å². The molecular weight excluding hydrogens is 232 g/mol. The van der Waals surface area contributed by atoms with Crippen molar-refractivity contribution in [3.05, 3.63) is 29.8 Å². The Kier molecular flexibility index (Phi) is 3.30. The summed E-state index contributed by atoms with van der Waals surface area (Å²) in [5, 5.41) is 3.55. The highest BCUT2D eigenvalue weighted by Gasteiger charge is 2.40. The lowest BCUT2D eigenvalue weighted by Crippen LogP contribution is -2.40. The summed E-state index contributed by atoms with van der Waals surface area (Å²) in [6.45, 7) is 10.5. The molecule has 0 radical (unpaired) electrons. The van der Waals surface area contributed by atoms with Gasteiger partial charge in [0.2, 0.25) is 0 Å². The van der Waals surface area contributed by atoms with E-state index in [0.29, 0.717) is 11.5 Å². The maximum atomic E-state index is 3.55. The Bertz CT molecular complexity index is 452. The molecule has 2 aliphatic rings. The Labute approximate surface area is 117 Å². The fraction of sp³-hybridized carbons (Fsp3) is 0.647. The Morgan fingerprint density at radius 3 is 2.74 bits per heavy atom. The molecule has 3 rings (SSSR count). The molecule has 1 N–H and O–H groups in total. The lowest BCUT2D eigenvalue weighted by atomic mass is 9.91. The van der Waals surface area contributed by atoms with Gasteiger partial charge in [-0.2, -0.15) is 0 Å². The highest BCUT2D eigenvalue weighted by molar-refractivity contribution is 5.55. The number of rotatable bonds is 1. The molecule has 2 unspecified atom stereocenters. The van der Waals surface area contributed by atoms with Gasteiger partial charge in [0, 0.05) is 31.4 Å². The Hall–Kier alpha value is -1.02. The Morgan fingerprint density at radius 2 is 2.00 bits per heavy atom. The van der Waals surface area contributed by atoms with Crippen molar-refractivity contribution in [3.63, 3.8) is 0 Å². The van der Waals surface area contributed by atoms with Gasteiger partial charge in [-0.05, 0) is 35.8 Å². The molecule has 104 valence electrons. The molecule has 0 saturated heterocycles. The van der Waals surface area contributed by atoms with Gasteiger partial charge < -0.3 is 10.2 Å². The molecule has 2 atom stereocenters. The fourth-order valence-electron chi connectivity index (χ4n) is 4.10. The largest absolute Gasteiger partial charge is 0.367 e. The summed E-state index contributed by atoms with van der Waals surface area (Å²) in [4.78, 5) is 2.68. The second-order valence-corrected chi connectivity index (χ2v) is 7.12. The van der Waals surface area contributed by atoms with Crippen molar-refractivity contribution in [2.24, 2.45) is 11.3 Å². The molecule has 1 aliphatic heterocycles. The van der Waals surface area contributed by atoms with Crippen LogP contribution in [-0.4, -0.2) is 19.1 Å². The van der Waals surface area contributed by atoms with E-state index in [4.69, 9.17) is 0 Å². The van der Waals surface area contributed by atoms with Crippen LogP contribution in [0.15, 0.2) is 24.3 Å². The average Bonchev–Trinajstić information content (AvgIpc) is 2.55. The van der Waals surface area contributed by atoms with Crippen molar-refractivity contribution >= 4 is 5.69 Å². The first kappa shape index (κ1) is 13.0. The summed E-state index contributed by atoms with van der Waals surface area (Å²) in [5.74, 6) is 0.793. The molecule has 1 fully saturated rings. The third kappa shape index (κ3) is 2.51. The second kappa shape index (κ2) is 4.82. The molecule has 1 heterocycles. The number of hydrogen-bond donors (Lipinski definition) is 1. The molecular formula is C17H26N2. The molecule has 0 bridgehead atoms. The van der Waals surface area contributed by atoms with Crippen LogP contribution in [0.25, 0.3) is 0 Å². The van der Waals surface area contributed by atoms with Crippen LogP contribution in [-0.2, 0) is 6.54 Å². The van der Waals surface area contributed by atoms with Crippen LogP contribution < -0.4 is 10.2 Å². The number of nitrogens with one attached hydrogen (secondary N) is 1. The number of para-hydroxylation sites is 1. The average molecular weight is 258 g/mol. The lowest BCUT2D eigenvalue weighted by molar-refractivity contribution is 0.365. The third-order valence-corrected chi connectivity index (χ3v) is 4.84. The highest BCUT2D eigenvalue weighted by Crippen LogP contribution is 2.44. The third-order valence-electron chi connectivity index (χ3n) is 4.84. The maximum Gasteiger partial charge on any atom is 0.0414 e. The molecule has 1 aliphatic carbocycles. The van der Waals surface area contributed by atoms with Gasteiger partial charge in [0.05, 0.1) is 0 Å². The highest BCUT2D eigenvalue weighted by atomic mass is 15.2. The van der Waals surface area contributed by atoms with Crippen LogP contribution in [0.5, 0.6) is 0 Å². The molecule has 0 aromatic heterocycles. The maximum absolute atomic E-state index is 3.55. The summed E-state index contributed by atoms with van der Waals surface area (Å²) in [5.41, 5.74) is 3.41.